The van der Waals surface area contributed by atoms with Crippen LogP contribution < -0.4 is 15.5 Å². The number of hydrogen-bond donors (Lipinski definition) is 2. The summed E-state index contributed by atoms with van der Waals surface area (Å²) in [6, 6.07) is 3.96. The predicted octanol–water partition coefficient (Wildman–Crippen LogP) is 1.54. The van der Waals surface area contributed by atoms with Gasteiger partial charge in [0.25, 0.3) is 0 Å². The van der Waals surface area contributed by atoms with Gasteiger partial charge >= 0.3 is 0 Å². The molecule has 0 saturated carbocycles. The SMILES string of the molecule is CCNC(=O)CN(C)c1ncccc1CNC(C)(C)C. The monoisotopic (exact) mass is 278 g/mol. The number of nitrogens with one attached hydrogen (secondary N) is 2. The molecule has 1 aromatic rings. The third kappa shape index (κ3) is 5.57. The third-order valence-corrected chi connectivity index (χ3v) is 2.79. The van der Waals surface area contributed by atoms with Crippen molar-refractivity contribution in [1.82, 2.24) is 15.6 Å². The summed E-state index contributed by atoms with van der Waals surface area (Å²) in [5, 5.41) is 6.24. The molecule has 5 heteroatoms. The molecule has 0 bridgehead atoms. The minimum Gasteiger partial charge on any atom is -0.355 e. The van der Waals surface area contributed by atoms with Gasteiger partial charge in [-0.3, -0.25) is 4.79 Å². The quantitative estimate of drug-likeness (QED) is 0.829. The van der Waals surface area contributed by atoms with Gasteiger partial charge in [0.2, 0.25) is 5.91 Å². The first-order valence-corrected chi connectivity index (χ1v) is 7.00. The van der Waals surface area contributed by atoms with E-state index in [0.29, 0.717) is 13.1 Å². The maximum atomic E-state index is 11.7. The van der Waals surface area contributed by atoms with E-state index < -0.39 is 0 Å². The van der Waals surface area contributed by atoms with Crippen molar-refractivity contribution in [1.29, 1.82) is 0 Å². The van der Waals surface area contributed by atoms with Crippen molar-refractivity contribution in [3.63, 3.8) is 0 Å². The van der Waals surface area contributed by atoms with E-state index in [4.69, 9.17) is 0 Å². The van der Waals surface area contributed by atoms with Gasteiger partial charge in [0, 0.05) is 37.4 Å². The van der Waals surface area contributed by atoms with Crippen LogP contribution in [0.25, 0.3) is 0 Å². The number of nitrogens with zero attached hydrogens (tertiary/aromatic N) is 2. The van der Waals surface area contributed by atoms with Crippen molar-refractivity contribution < 1.29 is 4.79 Å². The van der Waals surface area contributed by atoms with Crippen LogP contribution in [0.3, 0.4) is 0 Å². The molecule has 1 heterocycles. The number of rotatable bonds is 6. The second-order valence-electron chi connectivity index (χ2n) is 5.90. The van der Waals surface area contributed by atoms with Crippen molar-refractivity contribution in [2.45, 2.75) is 39.8 Å². The first-order chi connectivity index (χ1) is 9.33. The van der Waals surface area contributed by atoms with Gasteiger partial charge in [0.05, 0.1) is 6.54 Å². The summed E-state index contributed by atoms with van der Waals surface area (Å²) in [7, 11) is 1.89. The lowest BCUT2D eigenvalue weighted by Gasteiger charge is -2.24. The zero-order valence-electron chi connectivity index (χ0n) is 13.2. The van der Waals surface area contributed by atoms with E-state index in [1.165, 1.54) is 0 Å². The van der Waals surface area contributed by atoms with Crippen LogP contribution in [-0.2, 0) is 11.3 Å². The van der Waals surface area contributed by atoms with Crippen LogP contribution in [0.5, 0.6) is 0 Å². The molecular weight excluding hydrogens is 252 g/mol. The summed E-state index contributed by atoms with van der Waals surface area (Å²) in [5.41, 5.74) is 1.14. The summed E-state index contributed by atoms with van der Waals surface area (Å²) in [6.07, 6.45) is 1.75. The smallest absolute Gasteiger partial charge is 0.239 e. The minimum absolute atomic E-state index is 0.00961. The molecule has 0 atom stereocenters. The first-order valence-electron chi connectivity index (χ1n) is 7.00. The molecule has 0 spiro atoms. The van der Waals surface area contributed by atoms with Crippen molar-refractivity contribution in [3.8, 4) is 0 Å². The zero-order valence-corrected chi connectivity index (χ0v) is 13.2. The summed E-state index contributed by atoms with van der Waals surface area (Å²) in [6.45, 7) is 9.98. The largest absolute Gasteiger partial charge is 0.355 e. The van der Waals surface area contributed by atoms with E-state index in [0.717, 1.165) is 17.9 Å². The highest BCUT2D eigenvalue weighted by Crippen LogP contribution is 2.16. The van der Waals surface area contributed by atoms with E-state index in [1.54, 1.807) is 6.20 Å². The predicted molar refractivity (Wildman–Crippen MR) is 82.8 cm³/mol. The fraction of sp³-hybridized carbons (Fsp3) is 0.600. The Morgan fingerprint density at radius 1 is 1.40 bits per heavy atom. The number of aromatic nitrogens is 1. The Morgan fingerprint density at radius 2 is 2.10 bits per heavy atom. The molecule has 0 aliphatic heterocycles. The van der Waals surface area contributed by atoms with E-state index in [2.05, 4.69) is 36.4 Å². The molecule has 1 rings (SSSR count). The van der Waals surface area contributed by atoms with E-state index in [1.807, 2.05) is 31.0 Å². The molecule has 1 amide bonds. The van der Waals surface area contributed by atoms with E-state index >= 15 is 0 Å². The van der Waals surface area contributed by atoms with Crippen molar-refractivity contribution in [2.24, 2.45) is 0 Å². The standard InChI is InChI=1S/C15H26N4O/c1-6-16-13(20)11-19(5)14-12(8-7-9-17-14)10-18-15(2,3)4/h7-9,18H,6,10-11H2,1-5H3,(H,16,20). The first kappa shape index (κ1) is 16.4. The topological polar surface area (TPSA) is 57.3 Å². The van der Waals surface area contributed by atoms with E-state index in [9.17, 15) is 4.79 Å². The highest BCUT2D eigenvalue weighted by atomic mass is 16.2. The number of carbonyl (C=O) groups is 1. The molecule has 0 radical (unpaired) electrons. The van der Waals surface area contributed by atoms with Gasteiger partial charge in [-0.1, -0.05) is 6.07 Å². The van der Waals surface area contributed by atoms with Crippen molar-refractivity contribution >= 4 is 11.7 Å². The molecule has 0 unspecified atom stereocenters. The number of carbonyl (C=O) groups excluding carboxylic acids is 1. The average molecular weight is 278 g/mol. The number of amides is 1. The normalized spacial score (nSPS) is 11.2. The summed E-state index contributed by atoms with van der Waals surface area (Å²) in [5.74, 6) is 0.853. The minimum atomic E-state index is 0.00961. The molecule has 2 N–H and O–H groups in total. The van der Waals surface area contributed by atoms with Crippen molar-refractivity contribution in [3.05, 3.63) is 23.9 Å². The molecule has 0 aliphatic carbocycles. The summed E-state index contributed by atoms with van der Waals surface area (Å²) >= 11 is 0. The Labute approximate surface area is 121 Å². The number of likely N-dealkylation sites (N-methyl/N-ethyl adjacent to an activating group) is 2. The lowest BCUT2D eigenvalue weighted by Crippen LogP contribution is -2.37. The molecule has 112 valence electrons. The summed E-state index contributed by atoms with van der Waals surface area (Å²) < 4.78 is 0. The fourth-order valence-electron chi connectivity index (χ4n) is 1.82. The number of hydrogen-bond acceptors (Lipinski definition) is 4. The Kier molecular flexibility index (Phi) is 5.95. The van der Waals surface area contributed by atoms with Crippen LogP contribution in [0.4, 0.5) is 5.82 Å². The maximum absolute atomic E-state index is 11.7. The lowest BCUT2D eigenvalue weighted by molar-refractivity contribution is -0.119. The Balaban J connectivity index is 2.76. The zero-order chi connectivity index (χ0) is 15.2. The molecule has 0 aliphatic rings. The highest BCUT2D eigenvalue weighted by Gasteiger charge is 2.14. The van der Waals surface area contributed by atoms with Gasteiger partial charge < -0.3 is 15.5 Å². The second-order valence-corrected chi connectivity index (χ2v) is 5.90. The van der Waals surface area contributed by atoms with Gasteiger partial charge in [0.15, 0.2) is 0 Å². The van der Waals surface area contributed by atoms with Gasteiger partial charge in [-0.2, -0.15) is 0 Å². The average Bonchev–Trinajstić information content (AvgIpc) is 2.36. The third-order valence-electron chi connectivity index (χ3n) is 2.79. The molecule has 0 aromatic carbocycles. The Bertz CT molecular complexity index is 440. The van der Waals surface area contributed by atoms with Gasteiger partial charge in [0.1, 0.15) is 5.82 Å². The second kappa shape index (κ2) is 7.24. The van der Waals surface area contributed by atoms with Crippen LogP contribution >= 0.6 is 0 Å². The Hall–Kier alpha value is -1.62. The molecule has 20 heavy (non-hydrogen) atoms. The van der Waals surface area contributed by atoms with Gasteiger partial charge in [-0.15, -0.1) is 0 Å². The number of anilines is 1. The van der Waals surface area contributed by atoms with E-state index in [-0.39, 0.29) is 11.4 Å². The van der Waals surface area contributed by atoms with Crippen LogP contribution in [0.1, 0.15) is 33.3 Å². The molecule has 0 saturated heterocycles. The Morgan fingerprint density at radius 3 is 2.70 bits per heavy atom. The van der Waals surface area contributed by atoms with Crippen molar-refractivity contribution in [2.75, 3.05) is 25.0 Å². The van der Waals surface area contributed by atoms with Crippen LogP contribution in [0.15, 0.2) is 18.3 Å². The molecule has 1 aromatic heterocycles. The molecule has 5 nitrogen and oxygen atoms in total. The fourth-order valence-corrected chi connectivity index (χ4v) is 1.82. The lowest BCUT2D eigenvalue weighted by atomic mass is 10.1. The maximum Gasteiger partial charge on any atom is 0.239 e. The highest BCUT2D eigenvalue weighted by molar-refractivity contribution is 5.81. The van der Waals surface area contributed by atoms with Gasteiger partial charge in [-0.05, 0) is 33.8 Å². The molecular formula is C15H26N4O. The number of pyridine rings is 1. The van der Waals surface area contributed by atoms with Gasteiger partial charge in [-0.25, -0.2) is 4.98 Å². The summed E-state index contributed by atoms with van der Waals surface area (Å²) in [4.78, 5) is 17.9. The van der Waals surface area contributed by atoms with Crippen LogP contribution in [-0.4, -0.2) is 36.6 Å². The molecule has 0 fully saturated rings. The van der Waals surface area contributed by atoms with Crippen LogP contribution in [0.2, 0.25) is 0 Å². The van der Waals surface area contributed by atoms with Crippen LogP contribution in [0, 0.1) is 0 Å².